The number of hydrogen-bond acceptors (Lipinski definition) is 4. The van der Waals surface area contributed by atoms with Crippen LogP contribution in [0.15, 0.2) is 11.6 Å². The number of Topliss-reactive ketones (excluding diaryl/α,β-unsaturated/α-hetero) is 2. The summed E-state index contributed by atoms with van der Waals surface area (Å²) in [5, 5.41) is 9.81. The van der Waals surface area contributed by atoms with Crippen LogP contribution in [0.4, 0.5) is 0 Å². The number of carbonyl (C=O) groups excluding carboxylic acids is 2. The number of fused-ring (bicyclic) bond motifs is 7. The largest absolute Gasteiger partial charge is 0.330 e. The monoisotopic (exact) mass is 464 g/mol. The lowest BCUT2D eigenvalue weighted by atomic mass is 9.35. The van der Waals surface area contributed by atoms with E-state index >= 15 is 0 Å². The van der Waals surface area contributed by atoms with Gasteiger partial charge in [-0.3, -0.25) is 9.59 Å². The van der Waals surface area contributed by atoms with Gasteiger partial charge in [-0.25, -0.2) is 0 Å². The van der Waals surface area contributed by atoms with Crippen molar-refractivity contribution in [2.75, 3.05) is 6.54 Å². The molecule has 0 aromatic heterocycles. The molecule has 0 aromatic rings. The molecular formula is C30H44N2O2. The normalized spacial score (nSPS) is 49.0. The van der Waals surface area contributed by atoms with Crippen LogP contribution < -0.4 is 5.73 Å². The minimum absolute atomic E-state index is 0.0177. The topological polar surface area (TPSA) is 83.9 Å². The maximum absolute atomic E-state index is 14.1. The van der Waals surface area contributed by atoms with E-state index in [0.29, 0.717) is 36.2 Å². The van der Waals surface area contributed by atoms with Crippen molar-refractivity contribution >= 4 is 11.6 Å². The molecule has 0 heterocycles. The Balaban J connectivity index is 1.59. The Morgan fingerprint density at radius 1 is 0.971 bits per heavy atom. The molecule has 0 aliphatic heterocycles. The summed E-state index contributed by atoms with van der Waals surface area (Å²) in [4.78, 5) is 27.3. The van der Waals surface area contributed by atoms with Gasteiger partial charge in [0.1, 0.15) is 11.9 Å². The summed E-state index contributed by atoms with van der Waals surface area (Å²) in [7, 11) is 0. The Morgan fingerprint density at radius 2 is 1.68 bits per heavy atom. The Hall–Kier alpha value is -1.47. The Morgan fingerprint density at radius 3 is 2.32 bits per heavy atom. The maximum atomic E-state index is 14.1. The van der Waals surface area contributed by atoms with Crippen molar-refractivity contribution in [3.05, 3.63) is 11.6 Å². The molecule has 0 aromatic carbocycles. The fraction of sp³-hybridized carbons (Fsp3) is 0.833. The lowest BCUT2D eigenvalue weighted by molar-refractivity contribution is -0.189. The molecule has 8 atom stereocenters. The third-order valence-electron chi connectivity index (χ3n) is 12.3. The zero-order valence-corrected chi connectivity index (χ0v) is 22.2. The third kappa shape index (κ3) is 2.98. The molecule has 4 saturated carbocycles. The summed E-state index contributed by atoms with van der Waals surface area (Å²) in [5.41, 5.74) is 6.36. The highest BCUT2D eigenvalue weighted by molar-refractivity contribution is 6.04. The molecule has 4 fully saturated rings. The van der Waals surface area contributed by atoms with Gasteiger partial charge in [0, 0.05) is 17.8 Å². The van der Waals surface area contributed by atoms with Crippen LogP contribution in [0.3, 0.4) is 0 Å². The van der Waals surface area contributed by atoms with E-state index in [-0.39, 0.29) is 45.2 Å². The van der Waals surface area contributed by atoms with Gasteiger partial charge in [-0.1, -0.05) is 47.6 Å². The van der Waals surface area contributed by atoms with E-state index in [1.54, 1.807) is 0 Å². The molecule has 0 saturated heterocycles. The van der Waals surface area contributed by atoms with Crippen molar-refractivity contribution in [3.8, 4) is 6.07 Å². The quantitative estimate of drug-likeness (QED) is 0.527. The summed E-state index contributed by atoms with van der Waals surface area (Å²) in [6.45, 7) is 14.2. The first-order valence-electron chi connectivity index (χ1n) is 13.7. The molecule has 5 rings (SSSR count). The Bertz CT molecular complexity index is 1000. The van der Waals surface area contributed by atoms with Crippen LogP contribution in [-0.4, -0.2) is 18.1 Å². The van der Waals surface area contributed by atoms with E-state index in [1.807, 2.05) is 19.9 Å². The predicted molar refractivity (Wildman–Crippen MR) is 133 cm³/mol. The van der Waals surface area contributed by atoms with E-state index in [1.165, 1.54) is 6.42 Å². The molecule has 4 heteroatoms. The van der Waals surface area contributed by atoms with Crippen LogP contribution in [0.5, 0.6) is 0 Å². The average molecular weight is 465 g/mol. The van der Waals surface area contributed by atoms with E-state index < -0.39 is 5.41 Å². The van der Waals surface area contributed by atoms with Crippen molar-refractivity contribution in [1.82, 2.24) is 0 Å². The van der Waals surface area contributed by atoms with Gasteiger partial charge in [0.2, 0.25) is 0 Å². The van der Waals surface area contributed by atoms with Gasteiger partial charge in [-0.05, 0) is 96.8 Å². The predicted octanol–water partition coefficient (Wildman–Crippen LogP) is 5.85. The number of allylic oxidation sites excluding steroid dienone is 2. The molecule has 34 heavy (non-hydrogen) atoms. The summed E-state index contributed by atoms with van der Waals surface area (Å²) in [5.74, 6) is 1.68. The molecule has 4 nitrogen and oxygen atoms in total. The second-order valence-corrected chi connectivity index (χ2v) is 14.6. The van der Waals surface area contributed by atoms with Gasteiger partial charge in [0.25, 0.3) is 0 Å². The molecule has 0 bridgehead atoms. The van der Waals surface area contributed by atoms with Crippen molar-refractivity contribution in [3.63, 3.8) is 0 Å². The Kier molecular flexibility index (Phi) is 5.19. The number of hydrogen-bond donors (Lipinski definition) is 1. The second kappa shape index (κ2) is 7.28. The fourth-order valence-electron chi connectivity index (χ4n) is 10.4. The van der Waals surface area contributed by atoms with Crippen molar-refractivity contribution in [1.29, 1.82) is 5.26 Å². The number of nitrogens with two attached hydrogens (primary N) is 1. The molecule has 186 valence electrons. The number of ketones is 2. The number of rotatable bonds is 1. The molecule has 8 unspecified atom stereocenters. The van der Waals surface area contributed by atoms with Gasteiger partial charge >= 0.3 is 0 Å². The molecule has 0 amide bonds. The van der Waals surface area contributed by atoms with Gasteiger partial charge in [0.15, 0.2) is 5.78 Å². The number of nitrogens with zero attached hydrogens (tertiary/aromatic N) is 1. The first-order valence-corrected chi connectivity index (χ1v) is 13.7. The van der Waals surface area contributed by atoms with Gasteiger partial charge in [-0.2, -0.15) is 5.26 Å². The summed E-state index contributed by atoms with van der Waals surface area (Å²) in [6, 6.07) is 2.21. The van der Waals surface area contributed by atoms with Crippen molar-refractivity contribution < 1.29 is 9.59 Å². The number of carbonyl (C=O) groups is 2. The average Bonchev–Trinajstić information content (AvgIpc) is 2.77. The lowest BCUT2D eigenvalue weighted by Crippen LogP contribution is -2.65. The minimum atomic E-state index is -0.565. The van der Waals surface area contributed by atoms with Crippen molar-refractivity contribution in [2.24, 2.45) is 62.4 Å². The second-order valence-electron chi connectivity index (χ2n) is 14.6. The SMILES string of the molecule is CC1(C)CCC2(CN)CCC3C(C(=O)CC4C5(C)C=C(C#N)C(=O)C(C)(C)C5CCC34C)C2C1. The first-order chi connectivity index (χ1) is 15.8. The highest BCUT2D eigenvalue weighted by Gasteiger charge is 2.68. The van der Waals surface area contributed by atoms with Crippen molar-refractivity contribution in [2.45, 2.75) is 92.9 Å². The lowest BCUT2D eigenvalue weighted by Gasteiger charge is -2.68. The molecule has 0 radical (unpaired) electrons. The van der Waals surface area contributed by atoms with Crippen LogP contribution in [0.2, 0.25) is 0 Å². The van der Waals surface area contributed by atoms with Crippen LogP contribution in [-0.2, 0) is 9.59 Å². The Labute approximate surface area is 206 Å². The minimum Gasteiger partial charge on any atom is -0.330 e. The summed E-state index contributed by atoms with van der Waals surface area (Å²) >= 11 is 0. The third-order valence-corrected chi connectivity index (χ3v) is 12.3. The highest BCUT2D eigenvalue weighted by Crippen LogP contribution is 2.71. The van der Waals surface area contributed by atoms with Gasteiger partial charge in [0.05, 0.1) is 5.57 Å². The van der Waals surface area contributed by atoms with Crippen LogP contribution in [0.1, 0.15) is 92.9 Å². The van der Waals surface area contributed by atoms with E-state index in [9.17, 15) is 14.9 Å². The molecule has 5 aliphatic rings. The zero-order chi connectivity index (χ0) is 24.9. The van der Waals surface area contributed by atoms with Gasteiger partial charge < -0.3 is 5.73 Å². The number of nitriles is 1. The van der Waals surface area contributed by atoms with E-state index in [4.69, 9.17) is 5.73 Å². The molecular weight excluding hydrogens is 420 g/mol. The smallest absolute Gasteiger partial charge is 0.178 e. The maximum Gasteiger partial charge on any atom is 0.178 e. The standard InChI is InChI=1S/C30H44N2O2/c1-26(2)11-12-30(17-32)10-7-19-24(20(30)15-26)21(33)13-23-28(19,5)9-8-22-27(3,4)25(34)18(16-31)14-29(22,23)6/h14,19-20,22-24H,7-13,15,17,32H2,1-6H3. The molecule has 0 spiro atoms. The van der Waals surface area contributed by atoms with Crippen LogP contribution in [0.25, 0.3) is 0 Å². The molecule has 5 aliphatic carbocycles. The molecule has 2 N–H and O–H groups in total. The van der Waals surface area contributed by atoms with Gasteiger partial charge in [-0.15, -0.1) is 0 Å². The summed E-state index contributed by atoms with van der Waals surface area (Å²) in [6.07, 6.45) is 10.4. The summed E-state index contributed by atoms with van der Waals surface area (Å²) < 4.78 is 0. The van der Waals surface area contributed by atoms with Crippen LogP contribution in [0, 0.1) is 68.0 Å². The van der Waals surface area contributed by atoms with E-state index in [0.717, 1.165) is 38.5 Å². The highest BCUT2D eigenvalue weighted by atomic mass is 16.1. The van der Waals surface area contributed by atoms with E-state index in [2.05, 4.69) is 33.8 Å². The fourth-order valence-corrected chi connectivity index (χ4v) is 10.4. The van der Waals surface area contributed by atoms with Crippen LogP contribution >= 0.6 is 0 Å². The zero-order valence-electron chi connectivity index (χ0n) is 22.2. The first kappa shape index (κ1) is 24.2.